The van der Waals surface area contributed by atoms with Gasteiger partial charge >= 0.3 is 0 Å². The number of nitrogens with zero attached hydrogens (tertiary/aromatic N) is 3. The lowest BCUT2D eigenvalue weighted by atomic mass is 10.2. The molecule has 0 spiro atoms. The number of carbonyl (C=O) groups excluding carboxylic acids is 1. The van der Waals surface area contributed by atoms with Gasteiger partial charge in [-0.2, -0.15) is 0 Å². The number of nitrogens with one attached hydrogen (secondary N) is 1. The average Bonchev–Trinajstić information content (AvgIpc) is 3.43. The number of phenolic OH excluding ortho intramolecular Hbond substituents is 1. The van der Waals surface area contributed by atoms with Crippen molar-refractivity contribution < 1.29 is 14.3 Å². The summed E-state index contributed by atoms with van der Waals surface area (Å²) in [5.41, 5.74) is 1.86. The third-order valence-corrected chi connectivity index (χ3v) is 5.37. The van der Waals surface area contributed by atoms with Crippen LogP contribution in [0.5, 0.6) is 5.75 Å². The van der Waals surface area contributed by atoms with Gasteiger partial charge in [0.2, 0.25) is 5.91 Å². The molecule has 0 aliphatic heterocycles. The number of carbonyl (C=O) groups is 1. The summed E-state index contributed by atoms with van der Waals surface area (Å²) in [5, 5.41) is 21.7. The predicted molar refractivity (Wildman–Crippen MR) is 114 cm³/mol. The lowest BCUT2D eigenvalue weighted by molar-refractivity contribution is -0.118. The minimum atomic E-state index is -0.0809. The van der Waals surface area contributed by atoms with Crippen molar-refractivity contribution in [2.45, 2.75) is 18.2 Å². The highest BCUT2D eigenvalue weighted by Crippen LogP contribution is 2.26. The molecule has 0 saturated heterocycles. The van der Waals surface area contributed by atoms with Crippen molar-refractivity contribution in [2.24, 2.45) is 0 Å². The van der Waals surface area contributed by atoms with Crippen LogP contribution in [-0.2, 0) is 17.9 Å². The van der Waals surface area contributed by atoms with Gasteiger partial charge in [-0.1, -0.05) is 42.1 Å². The molecule has 2 N–H and O–H groups in total. The van der Waals surface area contributed by atoms with Crippen molar-refractivity contribution in [1.82, 2.24) is 20.1 Å². The summed E-state index contributed by atoms with van der Waals surface area (Å²) in [6, 6.07) is 20.2. The number of aromatic nitrogens is 3. The van der Waals surface area contributed by atoms with Crippen LogP contribution < -0.4 is 5.32 Å². The zero-order valence-corrected chi connectivity index (χ0v) is 16.9. The van der Waals surface area contributed by atoms with Gasteiger partial charge in [0.05, 0.1) is 18.6 Å². The van der Waals surface area contributed by atoms with E-state index in [1.54, 1.807) is 30.5 Å². The van der Waals surface area contributed by atoms with Crippen LogP contribution in [0.25, 0.3) is 11.4 Å². The van der Waals surface area contributed by atoms with Gasteiger partial charge in [0.25, 0.3) is 0 Å². The van der Waals surface area contributed by atoms with E-state index in [4.69, 9.17) is 4.42 Å². The Morgan fingerprint density at radius 1 is 1.03 bits per heavy atom. The Balaban J connectivity index is 1.48. The first kappa shape index (κ1) is 19.8. The maximum absolute atomic E-state index is 12.3. The summed E-state index contributed by atoms with van der Waals surface area (Å²) >= 11 is 1.32. The van der Waals surface area contributed by atoms with Crippen LogP contribution in [0, 0.1) is 0 Å². The monoisotopic (exact) mass is 420 g/mol. The Labute approximate surface area is 177 Å². The lowest BCUT2D eigenvalue weighted by Crippen LogP contribution is -2.24. The molecular formula is C22H20N4O3S. The number of thioether (sulfide) groups is 1. The highest BCUT2D eigenvalue weighted by atomic mass is 32.2. The summed E-state index contributed by atoms with van der Waals surface area (Å²) in [5.74, 6) is 1.71. The molecule has 1 amide bonds. The Kier molecular flexibility index (Phi) is 6.14. The van der Waals surface area contributed by atoms with Crippen molar-refractivity contribution in [3.05, 3.63) is 84.3 Å². The molecule has 2 heterocycles. The molecule has 0 bridgehead atoms. The van der Waals surface area contributed by atoms with E-state index < -0.39 is 0 Å². The van der Waals surface area contributed by atoms with E-state index in [1.807, 2.05) is 47.0 Å². The summed E-state index contributed by atoms with van der Waals surface area (Å²) in [6.45, 7) is 0.919. The average molecular weight is 420 g/mol. The third-order valence-electron chi connectivity index (χ3n) is 4.40. The number of hydrogen-bond donors (Lipinski definition) is 2. The molecule has 0 fully saturated rings. The number of benzene rings is 2. The fraction of sp³-hybridized carbons (Fsp3) is 0.136. The maximum atomic E-state index is 12.3. The predicted octanol–water partition coefficient (Wildman–Crippen LogP) is 3.70. The van der Waals surface area contributed by atoms with Crippen LogP contribution in [0.4, 0.5) is 0 Å². The second-order valence-corrected chi connectivity index (χ2v) is 7.51. The van der Waals surface area contributed by atoms with E-state index in [9.17, 15) is 9.90 Å². The summed E-state index contributed by atoms with van der Waals surface area (Å²) < 4.78 is 7.38. The number of amides is 1. The fourth-order valence-corrected chi connectivity index (χ4v) is 3.67. The molecule has 4 rings (SSSR count). The van der Waals surface area contributed by atoms with Gasteiger partial charge in [-0.15, -0.1) is 10.2 Å². The first-order valence-corrected chi connectivity index (χ1v) is 10.4. The van der Waals surface area contributed by atoms with E-state index in [-0.39, 0.29) is 17.4 Å². The summed E-state index contributed by atoms with van der Waals surface area (Å²) in [4.78, 5) is 12.3. The Bertz CT molecular complexity index is 1090. The molecule has 30 heavy (non-hydrogen) atoms. The van der Waals surface area contributed by atoms with Crippen molar-refractivity contribution in [2.75, 3.05) is 5.75 Å². The Morgan fingerprint density at radius 2 is 1.83 bits per heavy atom. The lowest BCUT2D eigenvalue weighted by Gasteiger charge is -2.09. The summed E-state index contributed by atoms with van der Waals surface area (Å²) in [7, 11) is 0. The molecule has 2 aromatic heterocycles. The standard InChI is InChI=1S/C22H20N4O3S/c27-18-10-8-17(9-11-18)21-24-25-22(26(21)14-19-7-4-12-29-19)30-15-20(28)23-13-16-5-2-1-3-6-16/h1-12,27H,13-15H2,(H,23,28). The van der Waals surface area contributed by atoms with Crippen LogP contribution in [0.1, 0.15) is 11.3 Å². The van der Waals surface area contributed by atoms with Crippen molar-refractivity contribution in [3.63, 3.8) is 0 Å². The van der Waals surface area contributed by atoms with Crippen molar-refractivity contribution in [3.8, 4) is 17.1 Å². The smallest absolute Gasteiger partial charge is 0.230 e. The molecule has 152 valence electrons. The van der Waals surface area contributed by atoms with Gasteiger partial charge in [0, 0.05) is 12.1 Å². The zero-order valence-electron chi connectivity index (χ0n) is 16.1. The number of aromatic hydroxyl groups is 1. The van der Waals surface area contributed by atoms with E-state index in [0.717, 1.165) is 16.9 Å². The topological polar surface area (TPSA) is 93.2 Å². The number of phenols is 1. The molecule has 0 aliphatic rings. The molecule has 7 nitrogen and oxygen atoms in total. The van der Waals surface area contributed by atoms with Gasteiger partial charge < -0.3 is 14.8 Å². The molecule has 0 atom stereocenters. The normalized spacial score (nSPS) is 10.8. The van der Waals surface area contributed by atoms with Crippen LogP contribution in [-0.4, -0.2) is 31.5 Å². The molecule has 0 saturated carbocycles. The summed E-state index contributed by atoms with van der Waals surface area (Å²) in [6.07, 6.45) is 1.61. The van der Waals surface area contributed by atoms with Crippen molar-refractivity contribution >= 4 is 17.7 Å². The molecule has 0 aliphatic carbocycles. The Morgan fingerprint density at radius 3 is 2.57 bits per heavy atom. The zero-order chi connectivity index (χ0) is 20.8. The van der Waals surface area contributed by atoms with Gasteiger partial charge in [-0.3, -0.25) is 9.36 Å². The molecule has 4 aromatic rings. The molecule has 8 heteroatoms. The first-order chi connectivity index (χ1) is 14.7. The largest absolute Gasteiger partial charge is 0.508 e. The van der Waals surface area contributed by atoms with Crippen LogP contribution in [0.3, 0.4) is 0 Å². The van der Waals surface area contributed by atoms with Gasteiger partial charge in [-0.25, -0.2) is 0 Å². The Hall–Kier alpha value is -3.52. The molecule has 0 unspecified atom stereocenters. The van der Waals surface area contributed by atoms with E-state index in [1.165, 1.54) is 11.8 Å². The van der Waals surface area contributed by atoms with Gasteiger partial charge in [0.1, 0.15) is 11.5 Å². The highest BCUT2D eigenvalue weighted by molar-refractivity contribution is 7.99. The van der Waals surface area contributed by atoms with E-state index >= 15 is 0 Å². The third kappa shape index (κ3) is 4.90. The minimum absolute atomic E-state index is 0.0809. The van der Waals surface area contributed by atoms with Crippen LogP contribution in [0.2, 0.25) is 0 Å². The first-order valence-electron chi connectivity index (χ1n) is 9.37. The second-order valence-electron chi connectivity index (χ2n) is 6.57. The van der Waals surface area contributed by atoms with E-state index in [2.05, 4.69) is 15.5 Å². The quantitative estimate of drug-likeness (QED) is 0.422. The maximum Gasteiger partial charge on any atom is 0.230 e. The number of hydrogen-bond acceptors (Lipinski definition) is 6. The molecule has 2 aromatic carbocycles. The molecular weight excluding hydrogens is 400 g/mol. The highest BCUT2D eigenvalue weighted by Gasteiger charge is 2.17. The van der Waals surface area contributed by atoms with Gasteiger partial charge in [-0.05, 0) is 42.0 Å². The SMILES string of the molecule is O=C(CSc1nnc(-c2ccc(O)cc2)n1Cc1ccco1)NCc1ccccc1. The number of rotatable bonds is 8. The molecule has 0 radical (unpaired) electrons. The number of furan rings is 1. The fourth-order valence-electron chi connectivity index (χ4n) is 2.90. The van der Waals surface area contributed by atoms with E-state index in [0.29, 0.717) is 24.1 Å². The second kappa shape index (κ2) is 9.32. The van der Waals surface area contributed by atoms with Crippen molar-refractivity contribution in [1.29, 1.82) is 0 Å². The van der Waals surface area contributed by atoms with Crippen LogP contribution >= 0.6 is 11.8 Å². The minimum Gasteiger partial charge on any atom is -0.508 e. The van der Waals surface area contributed by atoms with Crippen LogP contribution in [0.15, 0.2) is 82.6 Å². The van der Waals surface area contributed by atoms with Gasteiger partial charge in [0.15, 0.2) is 11.0 Å².